The van der Waals surface area contributed by atoms with E-state index >= 15 is 0 Å². The molecule has 1 saturated heterocycles. The molecule has 1 unspecified atom stereocenters. The van der Waals surface area contributed by atoms with Gasteiger partial charge in [-0.05, 0) is 61.7 Å². The number of aryl methyl sites for hydroxylation is 1. The third kappa shape index (κ3) is 4.48. The number of rotatable bonds is 7. The Hall–Kier alpha value is -3.32. The number of benzene rings is 2. The summed E-state index contributed by atoms with van der Waals surface area (Å²) in [6, 6.07) is 13.5. The molecule has 3 aromatic rings. The molecular weight excluding hydrogens is 404 g/mol. The molecule has 1 aromatic heterocycles. The van der Waals surface area contributed by atoms with E-state index in [2.05, 4.69) is 10.2 Å². The number of amides is 2. The van der Waals surface area contributed by atoms with Crippen molar-refractivity contribution in [2.45, 2.75) is 38.8 Å². The molecule has 2 heterocycles. The minimum absolute atomic E-state index is 0.0578. The molecule has 1 aliphatic heterocycles. The maximum atomic E-state index is 13.5. The van der Waals surface area contributed by atoms with Crippen LogP contribution in [0, 0.1) is 6.92 Å². The third-order valence-corrected chi connectivity index (χ3v) is 5.92. The van der Waals surface area contributed by atoms with E-state index in [0.717, 1.165) is 33.7 Å². The number of urea groups is 1. The van der Waals surface area contributed by atoms with Gasteiger partial charge in [-0.1, -0.05) is 18.2 Å². The minimum atomic E-state index is -0.926. The van der Waals surface area contributed by atoms with Crippen molar-refractivity contribution in [2.24, 2.45) is 0 Å². The van der Waals surface area contributed by atoms with Gasteiger partial charge in [0.15, 0.2) is 0 Å². The molecular formula is C25H30N4O3. The summed E-state index contributed by atoms with van der Waals surface area (Å²) in [5, 5.41) is 17.4. The molecule has 1 atom stereocenters. The van der Waals surface area contributed by atoms with Crippen LogP contribution >= 0.6 is 0 Å². The molecule has 0 radical (unpaired) electrons. The summed E-state index contributed by atoms with van der Waals surface area (Å²) in [7, 11) is 1.63. The summed E-state index contributed by atoms with van der Waals surface area (Å²) in [6.07, 6.45) is 4.08. The van der Waals surface area contributed by atoms with Gasteiger partial charge in [0.25, 0.3) is 0 Å². The first kappa shape index (κ1) is 21.9. The molecule has 168 valence electrons. The maximum Gasteiger partial charge on any atom is 0.325 e. The Bertz CT molecular complexity index is 1090. The van der Waals surface area contributed by atoms with Gasteiger partial charge in [-0.3, -0.25) is 10.00 Å². The zero-order valence-electron chi connectivity index (χ0n) is 19.0. The van der Waals surface area contributed by atoms with Crippen LogP contribution in [0.5, 0.6) is 5.75 Å². The molecule has 32 heavy (non-hydrogen) atoms. The lowest BCUT2D eigenvalue weighted by atomic mass is 9.92. The number of hydrogen-bond donors (Lipinski definition) is 2. The Labute approximate surface area is 188 Å². The average Bonchev–Trinajstić information content (AvgIpc) is 3.41. The van der Waals surface area contributed by atoms with Crippen molar-refractivity contribution in [1.29, 1.82) is 0 Å². The van der Waals surface area contributed by atoms with Crippen molar-refractivity contribution in [3.05, 3.63) is 66.0 Å². The summed E-state index contributed by atoms with van der Waals surface area (Å²) in [4.78, 5) is 17.2. The van der Waals surface area contributed by atoms with Gasteiger partial charge in [-0.2, -0.15) is 5.10 Å². The number of hydrogen-bond acceptors (Lipinski definition) is 4. The largest absolute Gasteiger partial charge is 0.497 e. The van der Waals surface area contributed by atoms with Crippen LogP contribution in [0.3, 0.4) is 0 Å². The van der Waals surface area contributed by atoms with Gasteiger partial charge in [0, 0.05) is 37.0 Å². The number of carbonyl (C=O) groups is 1. The highest BCUT2D eigenvalue weighted by Crippen LogP contribution is 2.36. The number of anilines is 1. The maximum absolute atomic E-state index is 13.5. The number of carbonyl (C=O) groups excluding carboxylic acids is 1. The second-order valence-electron chi connectivity index (χ2n) is 8.92. The summed E-state index contributed by atoms with van der Waals surface area (Å²) < 4.78 is 5.39. The van der Waals surface area contributed by atoms with Crippen molar-refractivity contribution in [2.75, 3.05) is 25.1 Å². The van der Waals surface area contributed by atoms with Gasteiger partial charge in [-0.15, -0.1) is 0 Å². The molecule has 0 spiro atoms. The van der Waals surface area contributed by atoms with Crippen molar-refractivity contribution in [1.82, 2.24) is 15.1 Å². The molecule has 2 N–H and O–H groups in total. The summed E-state index contributed by atoms with van der Waals surface area (Å²) in [5.41, 5.74) is 4.08. The summed E-state index contributed by atoms with van der Waals surface area (Å²) in [5.74, 6) is 0.734. The van der Waals surface area contributed by atoms with E-state index in [4.69, 9.17) is 4.74 Å². The van der Waals surface area contributed by atoms with Gasteiger partial charge in [0.2, 0.25) is 0 Å². The van der Waals surface area contributed by atoms with Crippen molar-refractivity contribution in [3.8, 4) is 16.9 Å². The Morgan fingerprint density at radius 1 is 1.22 bits per heavy atom. The second-order valence-corrected chi connectivity index (χ2v) is 8.92. The minimum Gasteiger partial charge on any atom is -0.497 e. The predicted molar refractivity (Wildman–Crippen MR) is 125 cm³/mol. The predicted octanol–water partition coefficient (Wildman–Crippen LogP) is 4.54. The van der Waals surface area contributed by atoms with Gasteiger partial charge in [-0.25, -0.2) is 4.79 Å². The van der Waals surface area contributed by atoms with Crippen LogP contribution in [0.2, 0.25) is 0 Å². The van der Waals surface area contributed by atoms with E-state index in [1.807, 2.05) is 65.4 Å². The van der Waals surface area contributed by atoms with Crippen LogP contribution in [-0.4, -0.2) is 52.0 Å². The molecule has 0 saturated carbocycles. The van der Waals surface area contributed by atoms with Crippen LogP contribution < -0.4 is 9.64 Å². The normalized spacial score (nSPS) is 15.3. The molecule has 0 aliphatic carbocycles. The molecule has 1 aliphatic rings. The molecule has 4 rings (SSSR count). The zero-order valence-corrected chi connectivity index (χ0v) is 19.0. The van der Waals surface area contributed by atoms with Crippen LogP contribution in [0.4, 0.5) is 10.5 Å². The SMILES string of the molecule is COc1cccc(C(CC(C)(C)O)N2CCN(c3ccc(-c4cn[nH]c4)c(C)c3)C2=O)c1. The molecule has 2 aromatic carbocycles. The van der Waals surface area contributed by atoms with E-state index in [9.17, 15) is 9.90 Å². The number of methoxy groups -OCH3 is 1. The number of H-pyrrole nitrogens is 1. The molecule has 7 nitrogen and oxygen atoms in total. The number of aliphatic hydroxyl groups is 1. The number of ether oxygens (including phenoxy) is 1. The lowest BCUT2D eigenvalue weighted by molar-refractivity contribution is 0.0441. The summed E-state index contributed by atoms with van der Waals surface area (Å²) in [6.45, 7) is 6.76. The zero-order chi connectivity index (χ0) is 22.9. The highest BCUT2D eigenvalue weighted by Gasteiger charge is 2.37. The van der Waals surface area contributed by atoms with Crippen molar-refractivity contribution >= 4 is 11.7 Å². The number of aromatic amines is 1. The van der Waals surface area contributed by atoms with Gasteiger partial charge >= 0.3 is 6.03 Å². The highest BCUT2D eigenvalue weighted by molar-refractivity contribution is 5.95. The van der Waals surface area contributed by atoms with Gasteiger partial charge < -0.3 is 14.7 Å². The molecule has 1 fully saturated rings. The smallest absolute Gasteiger partial charge is 0.325 e. The van der Waals surface area contributed by atoms with E-state index in [0.29, 0.717) is 19.5 Å². The van der Waals surface area contributed by atoms with E-state index in [-0.39, 0.29) is 12.1 Å². The van der Waals surface area contributed by atoms with E-state index < -0.39 is 5.60 Å². The Balaban J connectivity index is 1.62. The topological polar surface area (TPSA) is 81.7 Å². The van der Waals surface area contributed by atoms with Crippen LogP contribution in [-0.2, 0) is 0 Å². The standard InChI is InChI=1S/C25H30N4O3/c1-17-12-20(8-9-22(17)19-15-26-27-16-19)28-10-11-29(24(28)30)23(14-25(2,3)31)18-6-5-7-21(13-18)32-4/h5-9,12-13,15-16,23,31H,10-11,14H2,1-4H3,(H,26,27). The number of nitrogens with one attached hydrogen (secondary N) is 1. The fourth-order valence-corrected chi connectivity index (χ4v) is 4.35. The third-order valence-electron chi connectivity index (χ3n) is 5.92. The fraction of sp³-hybridized carbons (Fsp3) is 0.360. The monoisotopic (exact) mass is 434 g/mol. The first-order chi connectivity index (χ1) is 15.3. The number of nitrogens with zero attached hydrogens (tertiary/aromatic N) is 3. The van der Waals surface area contributed by atoms with Gasteiger partial charge in [0.05, 0.1) is 24.9 Å². The molecule has 7 heteroatoms. The summed E-state index contributed by atoms with van der Waals surface area (Å²) >= 11 is 0. The van der Waals surface area contributed by atoms with E-state index in [1.54, 1.807) is 27.2 Å². The first-order valence-corrected chi connectivity index (χ1v) is 10.8. The van der Waals surface area contributed by atoms with E-state index in [1.165, 1.54) is 0 Å². The fourth-order valence-electron chi connectivity index (χ4n) is 4.35. The van der Waals surface area contributed by atoms with Crippen molar-refractivity contribution in [3.63, 3.8) is 0 Å². The van der Waals surface area contributed by atoms with Crippen LogP contribution in [0.15, 0.2) is 54.9 Å². The van der Waals surface area contributed by atoms with Crippen molar-refractivity contribution < 1.29 is 14.6 Å². The molecule has 0 bridgehead atoms. The average molecular weight is 435 g/mol. The Kier molecular flexibility index (Phi) is 5.93. The Morgan fingerprint density at radius 3 is 2.69 bits per heavy atom. The van der Waals surface area contributed by atoms with Crippen LogP contribution in [0.25, 0.3) is 11.1 Å². The molecule has 2 amide bonds. The lowest BCUT2D eigenvalue weighted by Gasteiger charge is -2.33. The Morgan fingerprint density at radius 2 is 2.03 bits per heavy atom. The quantitative estimate of drug-likeness (QED) is 0.572. The highest BCUT2D eigenvalue weighted by atomic mass is 16.5. The number of aromatic nitrogens is 2. The van der Waals surface area contributed by atoms with Gasteiger partial charge in [0.1, 0.15) is 5.75 Å². The van der Waals surface area contributed by atoms with Crippen LogP contribution in [0.1, 0.15) is 37.4 Å². The first-order valence-electron chi connectivity index (χ1n) is 10.8. The second kappa shape index (κ2) is 8.67. The lowest BCUT2D eigenvalue weighted by Crippen LogP contribution is -2.38.